The van der Waals surface area contributed by atoms with Crippen molar-refractivity contribution in [2.24, 2.45) is 0 Å². The lowest BCUT2D eigenvalue weighted by Crippen LogP contribution is -1.91. The number of nitrogens with one attached hydrogen (secondary N) is 1. The molecule has 1 aliphatic rings. The summed E-state index contributed by atoms with van der Waals surface area (Å²) in [6.07, 6.45) is 1.06. The maximum Gasteiger partial charge on any atom is 0.131 e. The van der Waals surface area contributed by atoms with Crippen molar-refractivity contribution >= 4 is 5.69 Å². The molecular weight excluding hydrogens is 201 g/mol. The lowest BCUT2D eigenvalue weighted by molar-refractivity contribution is 0.631. The number of fused-ring (bicyclic) bond motifs is 1. The summed E-state index contributed by atoms with van der Waals surface area (Å²) in [6.45, 7) is 0.982. The van der Waals surface area contributed by atoms with Crippen molar-refractivity contribution in [2.45, 2.75) is 6.42 Å². The van der Waals surface area contributed by atoms with Gasteiger partial charge in [-0.05, 0) is 29.7 Å². The van der Waals surface area contributed by atoms with Gasteiger partial charge in [0.2, 0.25) is 0 Å². The monoisotopic (exact) mass is 213 g/mol. The third-order valence-corrected chi connectivity index (χ3v) is 3.00. The molecule has 2 aromatic rings. The molecular formula is C14H12FN. The van der Waals surface area contributed by atoms with Gasteiger partial charge in [-0.15, -0.1) is 0 Å². The van der Waals surface area contributed by atoms with Gasteiger partial charge in [0.05, 0.1) is 0 Å². The van der Waals surface area contributed by atoms with Gasteiger partial charge >= 0.3 is 0 Å². The van der Waals surface area contributed by atoms with Crippen molar-refractivity contribution in [1.29, 1.82) is 0 Å². The minimum absolute atomic E-state index is 0.166. The molecule has 1 aliphatic heterocycles. The predicted octanol–water partition coefficient (Wildman–Crippen LogP) is 3.46. The Morgan fingerprint density at radius 3 is 2.81 bits per heavy atom. The van der Waals surface area contributed by atoms with Gasteiger partial charge in [0, 0.05) is 17.8 Å². The normalized spacial score (nSPS) is 13.3. The van der Waals surface area contributed by atoms with Crippen molar-refractivity contribution in [3.8, 4) is 11.1 Å². The van der Waals surface area contributed by atoms with E-state index in [1.165, 1.54) is 11.6 Å². The number of halogens is 1. The van der Waals surface area contributed by atoms with E-state index in [1.54, 1.807) is 6.07 Å². The molecule has 1 nitrogen and oxygen atoms in total. The Balaban J connectivity index is 2.11. The third-order valence-electron chi connectivity index (χ3n) is 3.00. The van der Waals surface area contributed by atoms with Gasteiger partial charge in [-0.25, -0.2) is 4.39 Å². The molecule has 0 fully saturated rings. The van der Waals surface area contributed by atoms with Crippen LogP contribution in [-0.4, -0.2) is 6.54 Å². The first-order chi connectivity index (χ1) is 7.84. The zero-order valence-corrected chi connectivity index (χ0v) is 8.83. The van der Waals surface area contributed by atoms with Crippen molar-refractivity contribution in [3.05, 3.63) is 53.8 Å². The van der Waals surface area contributed by atoms with E-state index in [1.807, 2.05) is 24.3 Å². The molecule has 2 heteroatoms. The van der Waals surface area contributed by atoms with E-state index in [0.717, 1.165) is 24.2 Å². The number of benzene rings is 2. The van der Waals surface area contributed by atoms with Crippen LogP contribution in [0.4, 0.5) is 10.1 Å². The largest absolute Gasteiger partial charge is 0.384 e. The molecule has 1 heterocycles. The highest BCUT2D eigenvalue weighted by Crippen LogP contribution is 2.29. The maximum absolute atomic E-state index is 13.6. The topological polar surface area (TPSA) is 12.0 Å². The fraction of sp³-hybridized carbons (Fsp3) is 0.143. The Hall–Kier alpha value is -1.83. The van der Waals surface area contributed by atoms with Gasteiger partial charge in [0.1, 0.15) is 5.82 Å². The Morgan fingerprint density at radius 2 is 1.94 bits per heavy atom. The smallest absolute Gasteiger partial charge is 0.131 e. The summed E-state index contributed by atoms with van der Waals surface area (Å²) in [4.78, 5) is 0. The fourth-order valence-corrected chi connectivity index (χ4v) is 2.15. The van der Waals surface area contributed by atoms with E-state index in [4.69, 9.17) is 0 Å². The molecule has 0 spiro atoms. The third kappa shape index (κ3) is 1.47. The first-order valence-corrected chi connectivity index (χ1v) is 5.46. The first kappa shape index (κ1) is 9.40. The van der Waals surface area contributed by atoms with Crippen molar-refractivity contribution in [2.75, 3.05) is 11.9 Å². The van der Waals surface area contributed by atoms with E-state index in [-0.39, 0.29) is 5.82 Å². The number of hydrogen-bond acceptors (Lipinski definition) is 1. The zero-order valence-electron chi connectivity index (χ0n) is 8.83. The Bertz CT molecular complexity index is 534. The van der Waals surface area contributed by atoms with Crippen LogP contribution in [0.2, 0.25) is 0 Å². The average Bonchev–Trinajstić information content (AvgIpc) is 2.76. The minimum atomic E-state index is -0.166. The number of anilines is 1. The van der Waals surface area contributed by atoms with Crippen molar-refractivity contribution < 1.29 is 4.39 Å². The second-order valence-corrected chi connectivity index (χ2v) is 4.03. The van der Waals surface area contributed by atoms with Crippen LogP contribution < -0.4 is 5.32 Å². The highest BCUT2D eigenvalue weighted by molar-refractivity contribution is 5.71. The van der Waals surface area contributed by atoms with Crippen LogP contribution in [0.15, 0.2) is 42.5 Å². The first-order valence-electron chi connectivity index (χ1n) is 5.46. The van der Waals surface area contributed by atoms with E-state index < -0.39 is 0 Å². The Morgan fingerprint density at radius 1 is 1.06 bits per heavy atom. The standard InChI is InChI=1S/C14H12FN/c15-13-4-2-1-3-12(13)11-6-5-10-7-8-16-14(10)9-11/h1-6,9,16H,7-8H2. The Labute approximate surface area is 93.9 Å². The highest BCUT2D eigenvalue weighted by Gasteiger charge is 2.11. The molecule has 0 unspecified atom stereocenters. The van der Waals surface area contributed by atoms with Crippen LogP contribution in [0.5, 0.6) is 0 Å². The molecule has 0 saturated carbocycles. The van der Waals surface area contributed by atoms with E-state index >= 15 is 0 Å². The average molecular weight is 213 g/mol. The van der Waals surface area contributed by atoms with Gasteiger partial charge in [-0.2, -0.15) is 0 Å². The van der Waals surface area contributed by atoms with E-state index in [2.05, 4.69) is 11.4 Å². The second-order valence-electron chi connectivity index (χ2n) is 4.03. The molecule has 16 heavy (non-hydrogen) atoms. The summed E-state index contributed by atoms with van der Waals surface area (Å²) < 4.78 is 13.6. The summed E-state index contributed by atoms with van der Waals surface area (Å²) >= 11 is 0. The highest BCUT2D eigenvalue weighted by atomic mass is 19.1. The van der Waals surface area contributed by atoms with Gasteiger partial charge in [-0.3, -0.25) is 0 Å². The summed E-state index contributed by atoms with van der Waals surface area (Å²) in [5.74, 6) is -0.166. The fourth-order valence-electron chi connectivity index (χ4n) is 2.15. The quantitative estimate of drug-likeness (QED) is 0.765. The summed E-state index contributed by atoms with van der Waals surface area (Å²) in [5.41, 5.74) is 4.06. The van der Waals surface area contributed by atoms with Gasteiger partial charge in [0.15, 0.2) is 0 Å². The molecule has 0 aromatic heterocycles. The summed E-state index contributed by atoms with van der Waals surface area (Å²) in [6, 6.07) is 13.0. The molecule has 0 aliphatic carbocycles. The molecule has 0 amide bonds. The van der Waals surface area contributed by atoms with Crippen molar-refractivity contribution in [3.63, 3.8) is 0 Å². The molecule has 1 N–H and O–H groups in total. The lowest BCUT2D eigenvalue weighted by Gasteiger charge is -2.06. The van der Waals surface area contributed by atoms with Gasteiger partial charge < -0.3 is 5.32 Å². The molecule has 3 rings (SSSR count). The van der Waals surface area contributed by atoms with E-state index in [9.17, 15) is 4.39 Å². The van der Waals surface area contributed by atoms with Gasteiger partial charge in [-0.1, -0.05) is 30.3 Å². The minimum Gasteiger partial charge on any atom is -0.384 e. The second kappa shape index (κ2) is 3.63. The summed E-state index contributed by atoms with van der Waals surface area (Å²) in [5, 5.41) is 3.31. The van der Waals surface area contributed by atoms with Crippen LogP contribution in [0, 0.1) is 5.82 Å². The molecule has 0 radical (unpaired) electrons. The molecule has 2 aromatic carbocycles. The predicted molar refractivity (Wildman–Crippen MR) is 64.0 cm³/mol. The number of hydrogen-bond donors (Lipinski definition) is 1. The van der Waals surface area contributed by atoms with Gasteiger partial charge in [0.25, 0.3) is 0 Å². The number of rotatable bonds is 1. The molecule has 0 bridgehead atoms. The molecule has 0 saturated heterocycles. The van der Waals surface area contributed by atoms with Crippen LogP contribution in [0.3, 0.4) is 0 Å². The maximum atomic E-state index is 13.6. The SMILES string of the molecule is Fc1ccccc1-c1ccc2c(c1)NCC2. The Kier molecular flexibility index (Phi) is 2.13. The molecule has 80 valence electrons. The lowest BCUT2D eigenvalue weighted by atomic mass is 10.0. The summed E-state index contributed by atoms with van der Waals surface area (Å²) in [7, 11) is 0. The van der Waals surface area contributed by atoms with Crippen LogP contribution in [0.1, 0.15) is 5.56 Å². The molecule has 0 atom stereocenters. The van der Waals surface area contributed by atoms with E-state index in [0.29, 0.717) is 5.56 Å². The zero-order chi connectivity index (χ0) is 11.0. The van der Waals surface area contributed by atoms with Crippen molar-refractivity contribution in [1.82, 2.24) is 0 Å². The van der Waals surface area contributed by atoms with Crippen LogP contribution in [-0.2, 0) is 6.42 Å². The van der Waals surface area contributed by atoms with Crippen LogP contribution in [0.25, 0.3) is 11.1 Å². The van der Waals surface area contributed by atoms with Crippen LogP contribution >= 0.6 is 0 Å².